The summed E-state index contributed by atoms with van der Waals surface area (Å²) in [7, 11) is -0.299. The van der Waals surface area contributed by atoms with Gasteiger partial charge in [0.1, 0.15) is 6.10 Å². The molecule has 2 atom stereocenters. The van der Waals surface area contributed by atoms with Gasteiger partial charge in [-0.2, -0.15) is 0 Å². The zero-order valence-corrected chi connectivity index (χ0v) is 8.39. The number of aliphatic hydroxyl groups excluding tert-OH is 1. The maximum Gasteiger partial charge on any atom is 0.510 e. The third-order valence-electron chi connectivity index (χ3n) is 1.53. The average Bonchev–Trinajstić information content (AvgIpc) is 1.85. The van der Waals surface area contributed by atoms with Crippen molar-refractivity contribution < 1.29 is 14.2 Å². The quantitative estimate of drug-likeness (QED) is 0.672. The summed E-state index contributed by atoms with van der Waals surface area (Å²) in [4.78, 5) is 0. The molecule has 1 N–H and O–H groups in total. The van der Waals surface area contributed by atoms with E-state index in [1.807, 2.05) is 20.8 Å². The van der Waals surface area contributed by atoms with Crippen LogP contribution in [0, 0.1) is 5.41 Å². The molecule has 0 rings (SSSR count). The van der Waals surface area contributed by atoms with Gasteiger partial charge in [0.2, 0.25) is 6.16 Å². The van der Waals surface area contributed by atoms with Gasteiger partial charge in [0.15, 0.2) is 0 Å². The Balaban J connectivity index is 3.87. The second kappa shape index (κ2) is 4.15. The van der Waals surface area contributed by atoms with Crippen molar-refractivity contribution in [2.75, 3.05) is 13.3 Å². The Hall–Kier alpha value is 0.0200. The highest BCUT2D eigenvalue weighted by molar-refractivity contribution is 7.39. The Morgan fingerprint density at radius 3 is 2.27 bits per heavy atom. The minimum Gasteiger partial charge on any atom is -0.388 e. The van der Waals surface area contributed by atoms with Crippen LogP contribution >= 0.6 is 8.03 Å². The highest BCUT2D eigenvalue weighted by Crippen LogP contribution is 2.29. The molecular weight excluding hydrogens is 163 g/mol. The van der Waals surface area contributed by atoms with E-state index in [0.29, 0.717) is 0 Å². The largest absolute Gasteiger partial charge is 0.510 e. The summed E-state index contributed by atoms with van der Waals surface area (Å²) >= 11 is 0. The van der Waals surface area contributed by atoms with Crippen molar-refractivity contribution in [3.05, 3.63) is 0 Å². The minimum absolute atomic E-state index is 0.218. The zero-order valence-electron chi connectivity index (χ0n) is 7.50. The van der Waals surface area contributed by atoms with Gasteiger partial charge in [0.25, 0.3) is 0 Å². The molecule has 66 valence electrons. The molecule has 0 saturated carbocycles. The lowest BCUT2D eigenvalue weighted by Gasteiger charge is -2.21. The molecule has 0 aliphatic heterocycles. The van der Waals surface area contributed by atoms with Gasteiger partial charge in [-0.25, -0.2) is 0 Å². The molecule has 2 unspecified atom stereocenters. The molecule has 0 aromatic rings. The second-order valence-electron chi connectivity index (χ2n) is 3.58. The molecule has 0 amide bonds. The van der Waals surface area contributed by atoms with Gasteiger partial charge in [0, 0.05) is 0 Å². The van der Waals surface area contributed by atoms with E-state index in [4.69, 9.17) is 0 Å². The van der Waals surface area contributed by atoms with Crippen molar-refractivity contribution in [1.82, 2.24) is 0 Å². The first kappa shape index (κ1) is 11.0. The van der Waals surface area contributed by atoms with Crippen LogP contribution in [0.15, 0.2) is 0 Å². The van der Waals surface area contributed by atoms with Crippen LogP contribution in [0.25, 0.3) is 0 Å². The standard InChI is InChI=1S/C7H16O3P/c1-7(2,3)6(8)5-11(9)10-4/h6,8H,5H2,1-4H3/q+1. The van der Waals surface area contributed by atoms with E-state index in [-0.39, 0.29) is 11.6 Å². The molecule has 0 aromatic carbocycles. The first-order valence-corrected chi connectivity index (χ1v) is 4.91. The monoisotopic (exact) mass is 179 g/mol. The van der Waals surface area contributed by atoms with Crippen molar-refractivity contribution in [2.45, 2.75) is 26.9 Å². The van der Waals surface area contributed by atoms with Gasteiger partial charge in [-0.1, -0.05) is 20.8 Å². The van der Waals surface area contributed by atoms with Crippen LogP contribution in [0.2, 0.25) is 0 Å². The van der Waals surface area contributed by atoms with E-state index in [0.717, 1.165) is 0 Å². The predicted molar refractivity (Wildman–Crippen MR) is 44.9 cm³/mol. The Kier molecular flexibility index (Phi) is 4.16. The molecule has 0 bridgehead atoms. The summed E-state index contributed by atoms with van der Waals surface area (Å²) in [6.07, 6.45) is -0.346. The van der Waals surface area contributed by atoms with E-state index in [2.05, 4.69) is 4.52 Å². The van der Waals surface area contributed by atoms with E-state index >= 15 is 0 Å². The fraction of sp³-hybridized carbons (Fsp3) is 1.00. The molecule has 0 aliphatic rings. The van der Waals surface area contributed by atoms with Crippen LogP contribution in [-0.4, -0.2) is 24.5 Å². The predicted octanol–water partition coefficient (Wildman–Crippen LogP) is 1.78. The van der Waals surface area contributed by atoms with Crippen molar-refractivity contribution in [3.63, 3.8) is 0 Å². The molecule has 4 heteroatoms. The first-order valence-electron chi connectivity index (χ1n) is 3.54. The topological polar surface area (TPSA) is 46.5 Å². The van der Waals surface area contributed by atoms with Crippen LogP contribution in [0.5, 0.6) is 0 Å². The molecular formula is C7H16O3P+. The van der Waals surface area contributed by atoms with Crippen LogP contribution in [0.1, 0.15) is 20.8 Å². The van der Waals surface area contributed by atoms with E-state index in [9.17, 15) is 9.67 Å². The molecule has 0 spiro atoms. The van der Waals surface area contributed by atoms with Crippen LogP contribution in [0.4, 0.5) is 0 Å². The Bertz CT molecular complexity index is 139. The van der Waals surface area contributed by atoms with Crippen molar-refractivity contribution in [2.24, 2.45) is 5.41 Å². The molecule has 11 heavy (non-hydrogen) atoms. The lowest BCUT2D eigenvalue weighted by molar-refractivity contribution is 0.0811. The first-order chi connectivity index (χ1) is 4.88. The number of hydrogen-bond donors (Lipinski definition) is 1. The summed E-state index contributed by atoms with van der Waals surface area (Å²) < 4.78 is 15.4. The van der Waals surface area contributed by atoms with Gasteiger partial charge in [0.05, 0.1) is 7.11 Å². The summed E-state index contributed by atoms with van der Waals surface area (Å²) in [6.45, 7) is 5.70. The maximum absolute atomic E-state index is 10.8. The van der Waals surface area contributed by atoms with Gasteiger partial charge in [-0.3, -0.25) is 0 Å². The van der Waals surface area contributed by atoms with Crippen LogP contribution in [-0.2, 0) is 9.09 Å². The normalized spacial score (nSPS) is 16.3. The maximum atomic E-state index is 10.8. The molecule has 3 nitrogen and oxygen atoms in total. The number of hydrogen-bond acceptors (Lipinski definition) is 3. The van der Waals surface area contributed by atoms with E-state index in [1.165, 1.54) is 7.11 Å². The zero-order chi connectivity index (χ0) is 9.07. The van der Waals surface area contributed by atoms with Crippen molar-refractivity contribution in [1.29, 1.82) is 0 Å². The lowest BCUT2D eigenvalue weighted by atomic mass is 9.90. The third-order valence-corrected chi connectivity index (χ3v) is 2.58. The molecule has 0 heterocycles. The SMILES string of the molecule is CO[P+](=O)CC(O)C(C)(C)C. The summed E-state index contributed by atoms with van der Waals surface area (Å²) in [5.41, 5.74) is -0.219. The summed E-state index contributed by atoms with van der Waals surface area (Å²) in [5.74, 6) is 0. The van der Waals surface area contributed by atoms with Gasteiger partial charge >= 0.3 is 8.03 Å². The molecule has 0 saturated heterocycles. The number of rotatable bonds is 3. The van der Waals surface area contributed by atoms with Crippen LogP contribution in [0.3, 0.4) is 0 Å². The number of aliphatic hydroxyl groups is 1. The second-order valence-corrected chi connectivity index (χ2v) is 4.98. The Morgan fingerprint density at radius 1 is 1.55 bits per heavy atom. The smallest absolute Gasteiger partial charge is 0.388 e. The Labute approximate surface area is 68.6 Å². The van der Waals surface area contributed by atoms with Gasteiger partial charge in [-0.15, -0.1) is 4.52 Å². The minimum atomic E-state index is -1.68. The Morgan fingerprint density at radius 2 is 2.00 bits per heavy atom. The van der Waals surface area contributed by atoms with Crippen molar-refractivity contribution >= 4 is 8.03 Å². The highest BCUT2D eigenvalue weighted by atomic mass is 31.1. The van der Waals surface area contributed by atoms with Crippen LogP contribution < -0.4 is 0 Å². The van der Waals surface area contributed by atoms with Gasteiger partial charge in [-0.05, 0) is 9.98 Å². The summed E-state index contributed by atoms with van der Waals surface area (Å²) in [5, 5.41) is 9.42. The highest BCUT2D eigenvalue weighted by Gasteiger charge is 2.31. The average molecular weight is 179 g/mol. The van der Waals surface area contributed by atoms with E-state index in [1.54, 1.807) is 0 Å². The van der Waals surface area contributed by atoms with Crippen molar-refractivity contribution in [3.8, 4) is 0 Å². The molecule has 0 fully saturated rings. The molecule has 0 aromatic heterocycles. The fourth-order valence-corrected chi connectivity index (χ4v) is 1.47. The van der Waals surface area contributed by atoms with E-state index < -0.39 is 14.1 Å². The third kappa shape index (κ3) is 4.46. The molecule has 0 radical (unpaired) electrons. The molecule has 0 aliphatic carbocycles. The fourth-order valence-electron chi connectivity index (χ4n) is 0.490. The lowest BCUT2D eigenvalue weighted by Crippen LogP contribution is -2.28. The summed E-state index contributed by atoms with van der Waals surface area (Å²) in [6, 6.07) is 0. The van der Waals surface area contributed by atoms with Gasteiger partial charge < -0.3 is 5.11 Å².